The number of hydrogen-bond acceptors (Lipinski definition) is 3. The van der Waals surface area contributed by atoms with E-state index in [1.807, 2.05) is 36.0 Å². The van der Waals surface area contributed by atoms with Gasteiger partial charge in [0.1, 0.15) is 0 Å². The van der Waals surface area contributed by atoms with E-state index < -0.39 is 0 Å². The number of aliphatic imine (C=N–C) groups is 1. The molecule has 0 aromatic heterocycles. The Morgan fingerprint density at radius 3 is 2.55 bits per heavy atom. The zero-order chi connectivity index (χ0) is 13.8. The van der Waals surface area contributed by atoms with Crippen molar-refractivity contribution in [3.05, 3.63) is 65.2 Å². The molecule has 102 valence electrons. The van der Waals surface area contributed by atoms with Gasteiger partial charge in [0.05, 0.1) is 16.6 Å². The molecule has 0 spiro atoms. The molecule has 4 heteroatoms. The number of hydrogen-bond donors (Lipinski definition) is 0. The zero-order valence-corrected chi connectivity index (χ0v) is 12.6. The molecule has 2 nitrogen and oxygen atoms in total. The summed E-state index contributed by atoms with van der Waals surface area (Å²) < 4.78 is 0. The smallest absolute Gasteiger partial charge is 0.0892 e. The van der Waals surface area contributed by atoms with Gasteiger partial charge in [-0.15, -0.1) is 0 Å². The highest BCUT2D eigenvalue weighted by atomic mass is 35.5. The molecule has 0 N–H and O–H groups in total. The highest BCUT2D eigenvalue weighted by Crippen LogP contribution is 2.24. The van der Waals surface area contributed by atoms with Crippen LogP contribution >= 0.6 is 23.4 Å². The lowest BCUT2D eigenvalue weighted by Gasteiger charge is -2.12. The van der Waals surface area contributed by atoms with E-state index in [4.69, 9.17) is 11.6 Å². The second-order valence-electron chi connectivity index (χ2n) is 4.73. The number of halogens is 1. The van der Waals surface area contributed by atoms with Gasteiger partial charge in [0.25, 0.3) is 0 Å². The standard InChI is InChI=1S/C16H15ClN2S/c17-14-6-8-15(9-7-14)18-16-11-19(12-20-16)10-13-4-2-1-3-5-13/h1-9H,10-12H2. The largest absolute Gasteiger partial charge is 0.283 e. The lowest BCUT2D eigenvalue weighted by atomic mass is 10.2. The van der Waals surface area contributed by atoms with Crippen molar-refractivity contribution in [2.45, 2.75) is 6.54 Å². The molecule has 1 heterocycles. The van der Waals surface area contributed by atoms with Crippen LogP contribution in [0.1, 0.15) is 5.56 Å². The third-order valence-corrected chi connectivity index (χ3v) is 4.40. The summed E-state index contributed by atoms with van der Waals surface area (Å²) in [6.45, 7) is 1.90. The van der Waals surface area contributed by atoms with Gasteiger partial charge in [0.2, 0.25) is 0 Å². The van der Waals surface area contributed by atoms with Gasteiger partial charge < -0.3 is 0 Å². The number of rotatable bonds is 3. The van der Waals surface area contributed by atoms with Crippen molar-refractivity contribution in [1.29, 1.82) is 0 Å². The number of benzene rings is 2. The summed E-state index contributed by atoms with van der Waals surface area (Å²) in [5, 5.41) is 1.92. The molecule has 1 aliphatic heterocycles. The summed E-state index contributed by atoms with van der Waals surface area (Å²) in [4.78, 5) is 7.07. The molecule has 0 atom stereocenters. The highest BCUT2D eigenvalue weighted by Gasteiger charge is 2.18. The second-order valence-corrected chi connectivity index (χ2v) is 6.18. The van der Waals surface area contributed by atoms with Gasteiger partial charge >= 0.3 is 0 Å². The average molecular weight is 303 g/mol. The Bertz CT molecular complexity index is 596. The Kier molecular flexibility index (Phi) is 4.41. The van der Waals surface area contributed by atoms with E-state index in [2.05, 4.69) is 40.2 Å². The summed E-state index contributed by atoms with van der Waals surface area (Å²) in [6.07, 6.45) is 0. The topological polar surface area (TPSA) is 15.6 Å². The molecule has 0 unspecified atom stereocenters. The van der Waals surface area contributed by atoms with Gasteiger partial charge in [-0.1, -0.05) is 53.7 Å². The maximum absolute atomic E-state index is 5.88. The monoisotopic (exact) mass is 302 g/mol. The van der Waals surface area contributed by atoms with Crippen LogP contribution in [0.25, 0.3) is 0 Å². The van der Waals surface area contributed by atoms with Gasteiger partial charge in [-0.3, -0.25) is 4.90 Å². The third-order valence-electron chi connectivity index (χ3n) is 3.10. The molecule has 3 rings (SSSR count). The molecule has 1 aliphatic rings. The lowest BCUT2D eigenvalue weighted by molar-refractivity contribution is 0.368. The van der Waals surface area contributed by atoms with Crippen LogP contribution in [0.2, 0.25) is 5.02 Å². The molecule has 2 aromatic carbocycles. The van der Waals surface area contributed by atoms with E-state index >= 15 is 0 Å². The van der Waals surface area contributed by atoms with Crippen LogP contribution in [0.15, 0.2) is 59.6 Å². The second kappa shape index (κ2) is 6.44. The predicted octanol–water partition coefficient (Wildman–Crippen LogP) is 4.58. The normalized spacial score (nSPS) is 17.8. The molecule has 0 aliphatic carbocycles. The van der Waals surface area contributed by atoms with Crippen LogP contribution in [0, 0.1) is 0 Å². The Morgan fingerprint density at radius 1 is 1.05 bits per heavy atom. The number of thioether (sulfide) groups is 1. The maximum atomic E-state index is 5.88. The van der Waals surface area contributed by atoms with Gasteiger partial charge in [0, 0.05) is 18.1 Å². The Balaban J connectivity index is 1.63. The summed E-state index contributed by atoms with van der Waals surface area (Å²) in [7, 11) is 0. The predicted molar refractivity (Wildman–Crippen MR) is 87.9 cm³/mol. The minimum Gasteiger partial charge on any atom is -0.283 e. The fraction of sp³-hybridized carbons (Fsp3) is 0.188. The maximum Gasteiger partial charge on any atom is 0.0892 e. The fourth-order valence-electron chi connectivity index (χ4n) is 2.12. The fourth-order valence-corrected chi connectivity index (χ4v) is 3.20. The highest BCUT2D eigenvalue weighted by molar-refractivity contribution is 8.14. The van der Waals surface area contributed by atoms with Gasteiger partial charge in [-0.25, -0.2) is 4.99 Å². The molecular formula is C16H15ClN2S. The summed E-state index contributed by atoms with van der Waals surface area (Å²) in [5.74, 6) is 1.00. The van der Waals surface area contributed by atoms with E-state index in [0.29, 0.717) is 0 Å². The molecule has 1 fully saturated rings. The van der Waals surface area contributed by atoms with E-state index in [1.165, 1.54) is 10.6 Å². The molecule has 0 amide bonds. The third kappa shape index (κ3) is 3.63. The van der Waals surface area contributed by atoms with E-state index in [0.717, 1.165) is 29.7 Å². The van der Waals surface area contributed by atoms with Crippen molar-refractivity contribution in [2.75, 3.05) is 12.4 Å². The van der Waals surface area contributed by atoms with Crippen molar-refractivity contribution >= 4 is 34.1 Å². The molecular weight excluding hydrogens is 288 g/mol. The Hall–Kier alpha value is -1.29. The van der Waals surface area contributed by atoms with Crippen molar-refractivity contribution < 1.29 is 0 Å². The molecule has 0 bridgehead atoms. The summed E-state index contributed by atoms with van der Waals surface area (Å²) in [5.41, 5.74) is 2.32. The van der Waals surface area contributed by atoms with Crippen LogP contribution in [-0.4, -0.2) is 22.4 Å². The van der Waals surface area contributed by atoms with E-state index in [-0.39, 0.29) is 0 Å². The summed E-state index contributed by atoms with van der Waals surface area (Å²) in [6, 6.07) is 18.2. The number of nitrogens with zero attached hydrogens (tertiary/aromatic N) is 2. The van der Waals surface area contributed by atoms with Gasteiger partial charge in [-0.05, 0) is 29.8 Å². The Labute approximate surface area is 128 Å². The lowest BCUT2D eigenvalue weighted by Crippen LogP contribution is -2.19. The van der Waals surface area contributed by atoms with E-state index in [9.17, 15) is 0 Å². The minimum absolute atomic E-state index is 0.749. The van der Waals surface area contributed by atoms with E-state index in [1.54, 1.807) is 0 Å². The molecule has 20 heavy (non-hydrogen) atoms. The molecule has 0 radical (unpaired) electrons. The first-order chi connectivity index (χ1) is 9.79. The van der Waals surface area contributed by atoms with Crippen molar-refractivity contribution in [2.24, 2.45) is 4.99 Å². The quantitative estimate of drug-likeness (QED) is 0.825. The van der Waals surface area contributed by atoms with Crippen molar-refractivity contribution in [3.8, 4) is 0 Å². The average Bonchev–Trinajstić information content (AvgIpc) is 2.90. The van der Waals surface area contributed by atoms with Crippen molar-refractivity contribution in [1.82, 2.24) is 4.90 Å². The van der Waals surface area contributed by atoms with Crippen molar-refractivity contribution in [3.63, 3.8) is 0 Å². The zero-order valence-electron chi connectivity index (χ0n) is 11.0. The first kappa shape index (κ1) is 13.7. The van der Waals surface area contributed by atoms with Gasteiger partial charge in [0.15, 0.2) is 0 Å². The first-order valence-corrected chi connectivity index (χ1v) is 7.88. The van der Waals surface area contributed by atoms with Gasteiger partial charge in [-0.2, -0.15) is 0 Å². The van der Waals surface area contributed by atoms with Crippen LogP contribution < -0.4 is 0 Å². The first-order valence-electron chi connectivity index (χ1n) is 6.52. The van der Waals surface area contributed by atoms with Crippen LogP contribution in [-0.2, 0) is 6.54 Å². The minimum atomic E-state index is 0.749. The SMILES string of the molecule is Clc1ccc(N=C2CN(Cc3ccccc3)CS2)cc1. The molecule has 0 saturated carbocycles. The molecule has 1 saturated heterocycles. The summed E-state index contributed by atoms with van der Waals surface area (Å²) >= 11 is 7.69. The Morgan fingerprint density at radius 2 is 1.80 bits per heavy atom. The van der Waals surface area contributed by atoms with Crippen LogP contribution in [0.5, 0.6) is 0 Å². The molecule has 2 aromatic rings. The van der Waals surface area contributed by atoms with Crippen LogP contribution in [0.3, 0.4) is 0 Å². The van der Waals surface area contributed by atoms with Crippen LogP contribution in [0.4, 0.5) is 5.69 Å².